The lowest BCUT2D eigenvalue weighted by atomic mass is 9.41. The van der Waals surface area contributed by atoms with E-state index >= 15 is 0 Å². The fraction of sp³-hybridized carbons (Fsp3) is 0.973. The predicted octanol–water partition coefficient (Wildman–Crippen LogP) is 2.65. The van der Waals surface area contributed by atoms with Crippen LogP contribution in [0.25, 0.3) is 0 Å². The van der Waals surface area contributed by atoms with Gasteiger partial charge in [-0.05, 0) is 105 Å². The van der Waals surface area contributed by atoms with Gasteiger partial charge in [-0.1, -0.05) is 34.6 Å². The SMILES string of the molecule is CC(=O)O[C@@H]([C@H]1C[C@@H](C)C2[C@@](O)(O1)[C@H](O)[C@@]1(C)[C@@H]3CC[C@H]4C(C)(C)[C@@H](O[C@@H]5OC[C@H](O)[C@H](O)[C@H]5O)CC[C@@]45C[C@@]35CC[C@]21C)C(C)(C)O. The summed E-state index contributed by atoms with van der Waals surface area (Å²) in [5.74, 6) is -2.26. The minimum absolute atomic E-state index is 0.0222. The van der Waals surface area contributed by atoms with Crippen molar-refractivity contribution in [1.29, 1.82) is 0 Å². The summed E-state index contributed by atoms with van der Waals surface area (Å²) in [4.78, 5) is 12.1. The average Bonchev–Trinajstić information content (AvgIpc) is 3.62. The van der Waals surface area contributed by atoms with Gasteiger partial charge in [0.25, 0.3) is 0 Å². The molecule has 0 amide bonds. The highest BCUT2D eigenvalue weighted by Crippen LogP contribution is 2.89. The largest absolute Gasteiger partial charge is 0.457 e. The molecule has 7 aliphatic rings. The van der Waals surface area contributed by atoms with E-state index in [2.05, 4.69) is 34.6 Å². The lowest BCUT2D eigenvalue weighted by molar-refractivity contribution is -0.342. The van der Waals surface area contributed by atoms with Crippen molar-refractivity contribution in [1.82, 2.24) is 0 Å². The number of hydrogen-bond donors (Lipinski definition) is 6. The van der Waals surface area contributed by atoms with Crippen molar-refractivity contribution in [3.05, 3.63) is 0 Å². The molecule has 11 nitrogen and oxygen atoms in total. The van der Waals surface area contributed by atoms with Crippen LogP contribution in [0.5, 0.6) is 0 Å². The number of aliphatic hydroxyl groups excluding tert-OH is 4. The van der Waals surface area contributed by atoms with Gasteiger partial charge in [-0.25, -0.2) is 0 Å². The first-order valence-electron chi connectivity index (χ1n) is 18.4. The fourth-order valence-corrected chi connectivity index (χ4v) is 13.8. The van der Waals surface area contributed by atoms with Gasteiger partial charge < -0.3 is 49.6 Å². The summed E-state index contributed by atoms with van der Waals surface area (Å²) in [6.45, 7) is 15.4. The maximum Gasteiger partial charge on any atom is 0.303 e. The Balaban J connectivity index is 1.17. The average molecular weight is 681 g/mol. The van der Waals surface area contributed by atoms with Crippen molar-refractivity contribution in [2.75, 3.05) is 6.61 Å². The Hall–Kier alpha value is -0.890. The quantitative estimate of drug-likeness (QED) is 0.186. The molecule has 1 unspecified atom stereocenters. The molecule has 5 aliphatic carbocycles. The topological polar surface area (TPSA) is 175 Å². The van der Waals surface area contributed by atoms with Crippen LogP contribution < -0.4 is 0 Å². The van der Waals surface area contributed by atoms with Crippen LogP contribution in [-0.2, 0) is 23.7 Å². The predicted molar refractivity (Wildman–Crippen MR) is 172 cm³/mol. The van der Waals surface area contributed by atoms with Crippen molar-refractivity contribution in [2.24, 2.45) is 50.7 Å². The molecule has 48 heavy (non-hydrogen) atoms. The van der Waals surface area contributed by atoms with E-state index in [1.807, 2.05) is 0 Å². The molecule has 2 aliphatic heterocycles. The third-order valence-corrected chi connectivity index (χ3v) is 15.9. The van der Waals surface area contributed by atoms with Crippen LogP contribution in [-0.4, -0.2) is 104 Å². The van der Waals surface area contributed by atoms with Crippen molar-refractivity contribution < 1.29 is 54.4 Å². The van der Waals surface area contributed by atoms with Crippen LogP contribution in [0, 0.1) is 50.7 Å². The third kappa shape index (κ3) is 4.41. The minimum atomic E-state index is -1.86. The van der Waals surface area contributed by atoms with Gasteiger partial charge in [0.05, 0.1) is 18.3 Å². The van der Waals surface area contributed by atoms with Crippen LogP contribution >= 0.6 is 0 Å². The normalized spacial score (nSPS) is 56.1. The molecule has 7 rings (SSSR count). The molecule has 0 aromatic rings. The third-order valence-electron chi connectivity index (χ3n) is 15.9. The molecule has 6 N–H and O–H groups in total. The standard InChI is InChI=1S/C37H60O11/c1-18-15-21(28(32(5,6)43)46-19(2)38)48-37(44)27(18)33(7)13-14-36-17-35(36)12-11-24(47-29-26(41)25(40)20(39)16-45-29)31(3,4)22(35)9-10-23(36)34(33,8)30(37)42/h18,20-30,39-44H,9-17H2,1-8H3/t18-,20+,21-,22+,23+,24+,25+,26-,27?,28+,29+,30-,33-,34-,35-,36+,37-/m1/s1. The number of carbonyl (C=O) groups is 1. The summed E-state index contributed by atoms with van der Waals surface area (Å²) in [7, 11) is 0. The number of aliphatic hydroxyl groups is 6. The van der Waals surface area contributed by atoms with Crippen molar-refractivity contribution in [3.8, 4) is 0 Å². The van der Waals surface area contributed by atoms with Crippen molar-refractivity contribution in [2.45, 2.75) is 167 Å². The van der Waals surface area contributed by atoms with Crippen molar-refractivity contribution in [3.63, 3.8) is 0 Å². The molecule has 5 saturated carbocycles. The Labute approximate surface area is 284 Å². The second-order valence-corrected chi connectivity index (χ2v) is 18.8. The molecule has 0 aromatic heterocycles. The first kappa shape index (κ1) is 35.5. The highest BCUT2D eigenvalue weighted by molar-refractivity contribution is 5.66. The second kappa shape index (κ2) is 10.8. The zero-order valence-electron chi connectivity index (χ0n) is 30.0. The number of esters is 1. The van der Waals surface area contributed by atoms with Gasteiger partial charge in [0.15, 0.2) is 18.2 Å². The van der Waals surface area contributed by atoms with E-state index in [0.717, 1.165) is 44.9 Å². The fourth-order valence-electron chi connectivity index (χ4n) is 13.8. The Morgan fingerprint density at radius 3 is 2.23 bits per heavy atom. The molecule has 0 aromatic carbocycles. The first-order chi connectivity index (χ1) is 22.1. The summed E-state index contributed by atoms with van der Waals surface area (Å²) in [6.07, 6.45) is -0.902. The van der Waals surface area contributed by atoms with E-state index in [9.17, 15) is 35.4 Å². The zero-order chi connectivity index (χ0) is 35.2. The summed E-state index contributed by atoms with van der Waals surface area (Å²) in [5.41, 5.74) is -2.59. The highest BCUT2D eigenvalue weighted by Gasteiger charge is 2.86. The molecular formula is C37H60O11. The van der Waals surface area contributed by atoms with Gasteiger partial charge in [-0.2, -0.15) is 0 Å². The van der Waals surface area contributed by atoms with Gasteiger partial charge in [-0.3, -0.25) is 4.79 Å². The van der Waals surface area contributed by atoms with Gasteiger partial charge >= 0.3 is 5.97 Å². The Morgan fingerprint density at radius 2 is 1.58 bits per heavy atom. The van der Waals surface area contributed by atoms with Crippen LogP contribution in [0.1, 0.15) is 107 Å². The molecule has 11 heteroatoms. The smallest absolute Gasteiger partial charge is 0.303 e. The first-order valence-corrected chi connectivity index (χ1v) is 18.4. The summed E-state index contributed by atoms with van der Waals surface area (Å²) in [5, 5.41) is 67.0. The monoisotopic (exact) mass is 680 g/mol. The zero-order valence-corrected chi connectivity index (χ0v) is 30.0. The molecule has 274 valence electrons. The van der Waals surface area contributed by atoms with Crippen molar-refractivity contribution >= 4 is 5.97 Å². The van der Waals surface area contributed by atoms with E-state index in [0.29, 0.717) is 12.3 Å². The lowest BCUT2D eigenvalue weighted by Crippen LogP contribution is -2.62. The summed E-state index contributed by atoms with van der Waals surface area (Å²) < 4.78 is 24.2. The Bertz CT molecular complexity index is 1300. The van der Waals surface area contributed by atoms with Crippen LogP contribution in [0.4, 0.5) is 0 Å². The molecule has 2 spiro atoms. The minimum Gasteiger partial charge on any atom is -0.457 e. The second-order valence-electron chi connectivity index (χ2n) is 18.8. The number of fused-ring (bicyclic) bond motifs is 4. The van der Waals surface area contributed by atoms with Gasteiger partial charge in [-0.15, -0.1) is 0 Å². The van der Waals surface area contributed by atoms with Gasteiger partial charge in [0.1, 0.15) is 30.5 Å². The lowest BCUT2D eigenvalue weighted by Gasteiger charge is -2.63. The maximum absolute atomic E-state index is 12.6. The molecule has 2 heterocycles. The van der Waals surface area contributed by atoms with E-state index < -0.39 is 71.1 Å². The highest BCUT2D eigenvalue weighted by atomic mass is 16.7. The Morgan fingerprint density at radius 1 is 0.938 bits per heavy atom. The number of rotatable bonds is 5. The number of ether oxygens (including phenoxy) is 4. The van der Waals surface area contributed by atoms with Crippen LogP contribution in [0.3, 0.4) is 0 Å². The van der Waals surface area contributed by atoms with Crippen LogP contribution in [0.15, 0.2) is 0 Å². The van der Waals surface area contributed by atoms with Gasteiger partial charge in [0.2, 0.25) is 0 Å². The maximum atomic E-state index is 12.6. The summed E-state index contributed by atoms with van der Waals surface area (Å²) in [6, 6.07) is 0. The number of carbonyl (C=O) groups excluding carboxylic acids is 1. The van der Waals surface area contributed by atoms with E-state index in [-0.39, 0.29) is 46.7 Å². The summed E-state index contributed by atoms with van der Waals surface area (Å²) >= 11 is 0. The van der Waals surface area contributed by atoms with Crippen LogP contribution in [0.2, 0.25) is 0 Å². The molecular weight excluding hydrogens is 620 g/mol. The molecule has 17 atom stereocenters. The molecule has 2 saturated heterocycles. The van der Waals surface area contributed by atoms with E-state index in [1.165, 1.54) is 6.92 Å². The van der Waals surface area contributed by atoms with E-state index in [4.69, 9.17) is 18.9 Å². The molecule has 0 bridgehead atoms. The van der Waals surface area contributed by atoms with Gasteiger partial charge in [0, 0.05) is 18.3 Å². The van der Waals surface area contributed by atoms with E-state index in [1.54, 1.807) is 13.8 Å². The molecule has 0 radical (unpaired) electrons. The number of hydrogen-bond acceptors (Lipinski definition) is 11. The Kier molecular flexibility index (Phi) is 8.01. The molecule has 7 fully saturated rings.